The smallest absolute Gasteiger partial charge is 0.338 e. The van der Waals surface area contributed by atoms with Crippen molar-refractivity contribution in [1.29, 1.82) is 0 Å². The van der Waals surface area contributed by atoms with Gasteiger partial charge in [0.1, 0.15) is 0 Å². The second-order valence-electron chi connectivity index (χ2n) is 4.89. The van der Waals surface area contributed by atoms with Crippen LogP contribution < -0.4 is 5.32 Å². The maximum absolute atomic E-state index is 12.0. The molecule has 8 nitrogen and oxygen atoms in total. The lowest BCUT2D eigenvalue weighted by Gasteiger charge is -2.05. The lowest BCUT2D eigenvalue weighted by molar-refractivity contribution is -0.113. The molecule has 0 saturated carbocycles. The van der Waals surface area contributed by atoms with Gasteiger partial charge in [0.15, 0.2) is 0 Å². The summed E-state index contributed by atoms with van der Waals surface area (Å²) in [6.07, 6.45) is 3.37. The second kappa shape index (κ2) is 7.75. The number of hydrogen-bond donors (Lipinski definition) is 1. The molecule has 0 saturated heterocycles. The molecule has 0 spiro atoms. The van der Waals surface area contributed by atoms with Crippen LogP contribution in [0.1, 0.15) is 17.3 Å². The number of carbonyl (C=O) groups excluding carboxylic acids is 2. The lowest BCUT2D eigenvalue weighted by Crippen LogP contribution is -2.14. The number of amides is 1. The first kappa shape index (κ1) is 16.9. The number of benzene rings is 1. The van der Waals surface area contributed by atoms with E-state index in [1.165, 1.54) is 11.8 Å². The number of hydrogen-bond acceptors (Lipinski definition) is 7. The van der Waals surface area contributed by atoms with Gasteiger partial charge in [-0.1, -0.05) is 11.8 Å². The Hall–Kier alpha value is -2.94. The molecule has 128 valence electrons. The van der Waals surface area contributed by atoms with Gasteiger partial charge < -0.3 is 10.1 Å². The monoisotopic (exact) mass is 357 g/mol. The number of fused-ring (bicyclic) bond motifs is 1. The van der Waals surface area contributed by atoms with Crippen LogP contribution >= 0.6 is 11.8 Å². The Morgan fingerprint density at radius 1 is 1.28 bits per heavy atom. The normalized spacial score (nSPS) is 10.6. The Morgan fingerprint density at radius 3 is 2.80 bits per heavy atom. The highest BCUT2D eigenvalue weighted by molar-refractivity contribution is 7.99. The van der Waals surface area contributed by atoms with Crippen molar-refractivity contribution in [1.82, 2.24) is 19.6 Å². The fourth-order valence-electron chi connectivity index (χ4n) is 2.01. The van der Waals surface area contributed by atoms with Crippen molar-refractivity contribution in [3.8, 4) is 0 Å². The van der Waals surface area contributed by atoms with Crippen molar-refractivity contribution in [2.75, 3.05) is 17.7 Å². The highest BCUT2D eigenvalue weighted by Gasteiger charge is 2.10. The molecule has 0 aliphatic heterocycles. The molecule has 1 aromatic carbocycles. The van der Waals surface area contributed by atoms with Crippen LogP contribution in [-0.4, -0.2) is 43.8 Å². The van der Waals surface area contributed by atoms with Gasteiger partial charge in [-0.25, -0.2) is 14.3 Å². The van der Waals surface area contributed by atoms with Crippen LogP contribution in [0.4, 0.5) is 5.69 Å². The first-order chi connectivity index (χ1) is 12.2. The van der Waals surface area contributed by atoms with Crippen LogP contribution in [0.2, 0.25) is 0 Å². The van der Waals surface area contributed by atoms with Gasteiger partial charge in [-0.3, -0.25) is 4.79 Å². The molecular formula is C16H15N5O3S. The number of carbonyl (C=O) groups is 2. The molecular weight excluding hydrogens is 342 g/mol. The molecule has 0 bridgehead atoms. The third-order valence-corrected chi connectivity index (χ3v) is 3.95. The van der Waals surface area contributed by atoms with Gasteiger partial charge in [0.25, 0.3) is 5.78 Å². The van der Waals surface area contributed by atoms with Crippen LogP contribution in [0.5, 0.6) is 0 Å². The first-order valence-electron chi connectivity index (χ1n) is 7.53. The maximum Gasteiger partial charge on any atom is 0.338 e. The Morgan fingerprint density at radius 2 is 2.08 bits per heavy atom. The molecule has 25 heavy (non-hydrogen) atoms. The minimum absolute atomic E-state index is 0.163. The summed E-state index contributed by atoms with van der Waals surface area (Å²) < 4.78 is 6.46. The molecule has 0 fully saturated rings. The lowest BCUT2D eigenvalue weighted by atomic mass is 10.2. The van der Waals surface area contributed by atoms with E-state index in [-0.39, 0.29) is 17.6 Å². The van der Waals surface area contributed by atoms with Crippen molar-refractivity contribution < 1.29 is 14.3 Å². The van der Waals surface area contributed by atoms with Crippen LogP contribution in [0.15, 0.2) is 47.9 Å². The standard InChI is InChI=1S/C16H15N5O3S/c1-2-24-14(23)11-4-6-12(7-5-11)18-13(22)10-25-16-19-15-17-8-3-9-21(15)20-16/h3-9H,2,10H2,1H3,(H,18,22). The van der Waals surface area contributed by atoms with E-state index in [1.807, 2.05) is 0 Å². The third-order valence-electron chi connectivity index (χ3n) is 3.11. The zero-order valence-corrected chi connectivity index (χ0v) is 14.2. The molecule has 2 heterocycles. The van der Waals surface area contributed by atoms with Gasteiger partial charge in [0, 0.05) is 18.1 Å². The van der Waals surface area contributed by atoms with Crippen molar-refractivity contribution in [2.24, 2.45) is 0 Å². The third kappa shape index (κ3) is 4.32. The average Bonchev–Trinajstić information content (AvgIpc) is 3.04. The van der Waals surface area contributed by atoms with E-state index >= 15 is 0 Å². The molecule has 0 aliphatic carbocycles. The SMILES string of the molecule is CCOC(=O)c1ccc(NC(=O)CSc2nc3ncccn3n2)cc1. The quantitative estimate of drug-likeness (QED) is 0.532. The average molecular weight is 357 g/mol. The predicted octanol–water partition coefficient (Wildman–Crippen LogP) is 2.03. The number of nitrogens with one attached hydrogen (secondary N) is 1. The van der Waals surface area contributed by atoms with Gasteiger partial charge in [-0.15, -0.1) is 5.10 Å². The molecule has 1 amide bonds. The molecule has 0 atom stereocenters. The Balaban J connectivity index is 1.54. The van der Waals surface area contributed by atoms with E-state index in [9.17, 15) is 9.59 Å². The fraction of sp³-hybridized carbons (Fsp3) is 0.188. The van der Waals surface area contributed by atoms with Gasteiger partial charge in [-0.2, -0.15) is 4.98 Å². The molecule has 1 N–H and O–H groups in total. The molecule has 0 unspecified atom stereocenters. The second-order valence-corrected chi connectivity index (χ2v) is 5.84. The summed E-state index contributed by atoms with van der Waals surface area (Å²) in [6, 6.07) is 8.28. The minimum atomic E-state index is -0.387. The summed E-state index contributed by atoms with van der Waals surface area (Å²) in [6.45, 7) is 2.07. The summed E-state index contributed by atoms with van der Waals surface area (Å²) in [5.74, 6) is 0.0689. The summed E-state index contributed by atoms with van der Waals surface area (Å²) in [5, 5.41) is 7.45. The summed E-state index contributed by atoms with van der Waals surface area (Å²) >= 11 is 1.22. The molecule has 3 aromatic rings. The van der Waals surface area contributed by atoms with Gasteiger partial charge in [-0.05, 0) is 37.3 Å². The van der Waals surface area contributed by atoms with E-state index in [0.717, 1.165) is 0 Å². The van der Waals surface area contributed by atoms with E-state index < -0.39 is 0 Å². The van der Waals surface area contributed by atoms with E-state index in [2.05, 4.69) is 20.4 Å². The number of thioether (sulfide) groups is 1. The topological polar surface area (TPSA) is 98.5 Å². The Bertz CT molecular complexity index is 861. The molecule has 0 radical (unpaired) electrons. The van der Waals surface area contributed by atoms with Crippen molar-refractivity contribution in [3.63, 3.8) is 0 Å². The largest absolute Gasteiger partial charge is 0.462 e. The zero-order chi connectivity index (χ0) is 17.6. The molecule has 2 aromatic heterocycles. The maximum atomic E-state index is 12.0. The van der Waals surface area contributed by atoms with E-state index in [0.29, 0.717) is 28.8 Å². The molecule has 3 rings (SSSR count). The summed E-state index contributed by atoms with van der Waals surface area (Å²) in [7, 11) is 0. The molecule has 0 aliphatic rings. The predicted molar refractivity (Wildman–Crippen MR) is 92.5 cm³/mol. The van der Waals surface area contributed by atoms with E-state index in [1.54, 1.807) is 54.2 Å². The number of nitrogens with zero attached hydrogens (tertiary/aromatic N) is 4. The van der Waals surface area contributed by atoms with Crippen LogP contribution in [0.25, 0.3) is 5.78 Å². The Kier molecular flexibility index (Phi) is 5.24. The van der Waals surface area contributed by atoms with Crippen LogP contribution in [0, 0.1) is 0 Å². The number of esters is 1. The van der Waals surface area contributed by atoms with Crippen molar-refractivity contribution in [3.05, 3.63) is 48.3 Å². The summed E-state index contributed by atoms with van der Waals surface area (Å²) in [5.41, 5.74) is 1.04. The zero-order valence-electron chi connectivity index (χ0n) is 13.4. The number of anilines is 1. The number of aromatic nitrogens is 4. The van der Waals surface area contributed by atoms with Crippen LogP contribution in [0.3, 0.4) is 0 Å². The molecule has 9 heteroatoms. The van der Waals surface area contributed by atoms with Gasteiger partial charge >= 0.3 is 5.97 Å². The number of rotatable bonds is 6. The number of ether oxygens (including phenoxy) is 1. The first-order valence-corrected chi connectivity index (χ1v) is 8.51. The summed E-state index contributed by atoms with van der Waals surface area (Å²) in [4.78, 5) is 31.9. The van der Waals surface area contributed by atoms with Gasteiger partial charge in [0.2, 0.25) is 11.1 Å². The van der Waals surface area contributed by atoms with Gasteiger partial charge in [0.05, 0.1) is 17.9 Å². The van der Waals surface area contributed by atoms with E-state index in [4.69, 9.17) is 4.74 Å². The minimum Gasteiger partial charge on any atom is -0.462 e. The highest BCUT2D eigenvalue weighted by atomic mass is 32.2. The Labute approximate surface area is 147 Å². The van der Waals surface area contributed by atoms with Crippen molar-refractivity contribution in [2.45, 2.75) is 12.1 Å². The van der Waals surface area contributed by atoms with Crippen molar-refractivity contribution >= 4 is 35.1 Å². The highest BCUT2D eigenvalue weighted by Crippen LogP contribution is 2.15. The van der Waals surface area contributed by atoms with Crippen LogP contribution in [-0.2, 0) is 9.53 Å². The fourth-order valence-corrected chi connectivity index (χ4v) is 2.63.